The number of halogens is 1. The van der Waals surface area contributed by atoms with Crippen molar-refractivity contribution in [1.82, 2.24) is 9.97 Å². The number of aromatic amines is 1. The van der Waals surface area contributed by atoms with Crippen molar-refractivity contribution in [3.8, 4) is 0 Å². The molecule has 2 aromatic rings. The van der Waals surface area contributed by atoms with Crippen molar-refractivity contribution in [1.29, 1.82) is 0 Å². The summed E-state index contributed by atoms with van der Waals surface area (Å²) in [6, 6.07) is 3.77. The molecule has 0 fully saturated rings. The van der Waals surface area contributed by atoms with E-state index in [1.54, 1.807) is 6.07 Å². The highest BCUT2D eigenvalue weighted by Gasteiger charge is 2.07. The molecule has 0 aliphatic heterocycles. The maximum absolute atomic E-state index is 5.83. The lowest BCUT2D eigenvalue weighted by molar-refractivity contribution is 1.10. The van der Waals surface area contributed by atoms with Crippen molar-refractivity contribution in [2.75, 3.05) is 0 Å². The molecule has 0 radical (unpaired) electrons. The van der Waals surface area contributed by atoms with Crippen LogP contribution in [0.5, 0.6) is 0 Å². The van der Waals surface area contributed by atoms with Crippen LogP contribution >= 0.6 is 11.6 Å². The summed E-state index contributed by atoms with van der Waals surface area (Å²) < 4.78 is 0. The van der Waals surface area contributed by atoms with Crippen molar-refractivity contribution < 1.29 is 0 Å². The topological polar surface area (TPSA) is 28.7 Å². The molecule has 0 aliphatic carbocycles. The summed E-state index contributed by atoms with van der Waals surface area (Å²) in [4.78, 5) is 7.59. The van der Waals surface area contributed by atoms with Crippen LogP contribution in [0.1, 0.15) is 18.2 Å². The van der Waals surface area contributed by atoms with Gasteiger partial charge in [-0.3, -0.25) is 0 Å². The van der Waals surface area contributed by atoms with Gasteiger partial charge in [-0.1, -0.05) is 18.5 Å². The van der Waals surface area contributed by atoms with E-state index in [0.717, 1.165) is 17.5 Å². The highest BCUT2D eigenvalue weighted by Crippen LogP contribution is 2.22. The summed E-state index contributed by atoms with van der Waals surface area (Å²) in [5, 5.41) is 0.557. The predicted octanol–water partition coefficient (Wildman–Crippen LogP) is 3.09. The highest BCUT2D eigenvalue weighted by molar-refractivity contribution is 6.29. The molecule has 2 aromatic heterocycles. The van der Waals surface area contributed by atoms with Crippen molar-refractivity contribution in [3.05, 3.63) is 28.5 Å². The van der Waals surface area contributed by atoms with Crippen LogP contribution in [0.15, 0.2) is 12.1 Å². The molecule has 0 aromatic carbocycles. The van der Waals surface area contributed by atoms with Gasteiger partial charge in [0.1, 0.15) is 5.15 Å². The SMILES string of the molecule is CCc1c(C)[nH]c2ccc(Cl)nc12. The number of aromatic nitrogens is 2. The minimum Gasteiger partial charge on any atom is -0.357 e. The second-order valence-electron chi connectivity index (χ2n) is 3.11. The molecule has 68 valence electrons. The molecule has 2 nitrogen and oxygen atoms in total. The number of aryl methyl sites for hydroxylation is 2. The number of pyridine rings is 1. The highest BCUT2D eigenvalue weighted by atomic mass is 35.5. The molecule has 0 unspecified atom stereocenters. The van der Waals surface area contributed by atoms with Crippen LogP contribution in [-0.4, -0.2) is 9.97 Å². The Hall–Kier alpha value is -1.02. The van der Waals surface area contributed by atoms with Gasteiger partial charge >= 0.3 is 0 Å². The van der Waals surface area contributed by atoms with Gasteiger partial charge in [-0.15, -0.1) is 0 Å². The monoisotopic (exact) mass is 194 g/mol. The van der Waals surface area contributed by atoms with Gasteiger partial charge in [-0.2, -0.15) is 0 Å². The van der Waals surface area contributed by atoms with Gasteiger partial charge < -0.3 is 4.98 Å². The normalized spacial score (nSPS) is 11.0. The number of H-pyrrole nitrogens is 1. The first-order valence-corrected chi connectivity index (χ1v) is 4.74. The fourth-order valence-electron chi connectivity index (χ4n) is 1.65. The van der Waals surface area contributed by atoms with Gasteiger partial charge in [-0.25, -0.2) is 4.98 Å². The Morgan fingerprint density at radius 1 is 1.46 bits per heavy atom. The Morgan fingerprint density at radius 2 is 2.23 bits per heavy atom. The van der Waals surface area contributed by atoms with Crippen LogP contribution < -0.4 is 0 Å². The van der Waals surface area contributed by atoms with Gasteiger partial charge in [0, 0.05) is 5.69 Å². The Labute approximate surface area is 81.9 Å². The van der Waals surface area contributed by atoms with E-state index in [1.165, 1.54) is 11.3 Å². The molecule has 2 heterocycles. The van der Waals surface area contributed by atoms with Crippen LogP contribution in [0.3, 0.4) is 0 Å². The van der Waals surface area contributed by atoms with Crippen LogP contribution in [-0.2, 0) is 6.42 Å². The molecule has 3 heteroatoms. The Kier molecular flexibility index (Phi) is 2.00. The van der Waals surface area contributed by atoms with Crippen molar-refractivity contribution in [2.45, 2.75) is 20.3 Å². The quantitative estimate of drug-likeness (QED) is 0.695. The van der Waals surface area contributed by atoms with E-state index < -0.39 is 0 Å². The van der Waals surface area contributed by atoms with E-state index >= 15 is 0 Å². The number of nitrogens with zero attached hydrogens (tertiary/aromatic N) is 1. The zero-order valence-electron chi connectivity index (χ0n) is 7.69. The maximum atomic E-state index is 5.83. The molecular formula is C10H11ClN2. The van der Waals surface area contributed by atoms with E-state index in [9.17, 15) is 0 Å². The van der Waals surface area contributed by atoms with Crippen molar-refractivity contribution in [2.24, 2.45) is 0 Å². The molecule has 0 saturated carbocycles. The Morgan fingerprint density at radius 3 is 2.92 bits per heavy atom. The zero-order valence-corrected chi connectivity index (χ0v) is 8.44. The third-order valence-corrected chi connectivity index (χ3v) is 2.49. The lowest BCUT2D eigenvalue weighted by Crippen LogP contribution is -1.83. The van der Waals surface area contributed by atoms with Gasteiger partial charge in [-0.05, 0) is 31.0 Å². The molecule has 0 aliphatic rings. The van der Waals surface area contributed by atoms with Crippen LogP contribution in [0.2, 0.25) is 5.15 Å². The van der Waals surface area contributed by atoms with Gasteiger partial charge in [0.05, 0.1) is 11.0 Å². The summed E-state index contributed by atoms with van der Waals surface area (Å²) in [6.07, 6.45) is 0.985. The van der Waals surface area contributed by atoms with E-state index in [2.05, 4.69) is 23.8 Å². The van der Waals surface area contributed by atoms with Crippen LogP contribution in [0, 0.1) is 6.92 Å². The lowest BCUT2D eigenvalue weighted by Gasteiger charge is -1.94. The van der Waals surface area contributed by atoms with Gasteiger partial charge in [0.15, 0.2) is 0 Å². The molecule has 1 N–H and O–H groups in total. The van der Waals surface area contributed by atoms with Crippen molar-refractivity contribution in [3.63, 3.8) is 0 Å². The standard InChI is InChI=1S/C10H11ClN2/c1-3-7-6(2)12-8-4-5-9(11)13-10(7)8/h4-5,12H,3H2,1-2H3. The predicted molar refractivity (Wildman–Crippen MR) is 55.2 cm³/mol. The van der Waals surface area contributed by atoms with E-state index in [-0.39, 0.29) is 0 Å². The first-order chi connectivity index (χ1) is 6.22. The zero-order chi connectivity index (χ0) is 9.42. The van der Waals surface area contributed by atoms with Crippen molar-refractivity contribution >= 4 is 22.6 Å². The first kappa shape index (κ1) is 8.57. The first-order valence-electron chi connectivity index (χ1n) is 4.36. The average molecular weight is 195 g/mol. The molecule has 0 spiro atoms. The molecule has 0 atom stereocenters. The number of fused-ring (bicyclic) bond motifs is 1. The Balaban J connectivity index is 2.80. The second-order valence-corrected chi connectivity index (χ2v) is 3.50. The Bertz CT molecular complexity index is 445. The molecule has 2 rings (SSSR count). The van der Waals surface area contributed by atoms with Crippen LogP contribution in [0.25, 0.3) is 11.0 Å². The van der Waals surface area contributed by atoms with E-state index in [4.69, 9.17) is 11.6 Å². The number of hydrogen-bond acceptors (Lipinski definition) is 1. The van der Waals surface area contributed by atoms with Gasteiger partial charge in [0.25, 0.3) is 0 Å². The molecule has 0 saturated heterocycles. The minimum atomic E-state index is 0.557. The van der Waals surface area contributed by atoms with Gasteiger partial charge in [0.2, 0.25) is 0 Å². The maximum Gasteiger partial charge on any atom is 0.129 e. The number of rotatable bonds is 1. The fraction of sp³-hybridized carbons (Fsp3) is 0.300. The molecule has 13 heavy (non-hydrogen) atoms. The van der Waals surface area contributed by atoms with E-state index in [1.807, 2.05) is 6.07 Å². The summed E-state index contributed by atoms with van der Waals surface area (Å²) >= 11 is 5.83. The minimum absolute atomic E-state index is 0.557. The summed E-state index contributed by atoms with van der Waals surface area (Å²) in [5.74, 6) is 0. The summed E-state index contributed by atoms with van der Waals surface area (Å²) in [7, 11) is 0. The lowest BCUT2D eigenvalue weighted by atomic mass is 10.2. The largest absolute Gasteiger partial charge is 0.357 e. The summed E-state index contributed by atoms with van der Waals surface area (Å²) in [5.41, 5.74) is 4.52. The molecule has 0 amide bonds. The number of nitrogens with one attached hydrogen (secondary N) is 1. The average Bonchev–Trinajstić information content (AvgIpc) is 2.40. The fourth-order valence-corrected chi connectivity index (χ4v) is 1.80. The molecule has 0 bridgehead atoms. The smallest absolute Gasteiger partial charge is 0.129 e. The third-order valence-electron chi connectivity index (χ3n) is 2.28. The van der Waals surface area contributed by atoms with E-state index in [0.29, 0.717) is 5.15 Å². The second kappa shape index (κ2) is 3.04. The van der Waals surface area contributed by atoms with Crippen LogP contribution in [0.4, 0.5) is 0 Å². The number of hydrogen-bond donors (Lipinski definition) is 1. The third kappa shape index (κ3) is 1.31. The summed E-state index contributed by atoms with van der Waals surface area (Å²) in [6.45, 7) is 4.19. The molecular weight excluding hydrogens is 184 g/mol.